The van der Waals surface area contributed by atoms with Crippen molar-refractivity contribution in [3.05, 3.63) is 52.6 Å². The maximum Gasteiger partial charge on any atom is 0.413 e. The largest absolute Gasteiger partial charge is 0.497 e. The van der Waals surface area contributed by atoms with Gasteiger partial charge >= 0.3 is 11.8 Å². The van der Waals surface area contributed by atoms with E-state index in [1.807, 2.05) is 43.2 Å². The SMILES string of the molecule is COc1ccc(CN2OC(n3ccc(NC(=O)OC(C)(C)C)nc3=O)CC2C2COC(C)(C)O2)cc1. The number of methoxy groups -OCH3 is 1. The van der Waals surface area contributed by atoms with E-state index in [9.17, 15) is 9.59 Å². The van der Waals surface area contributed by atoms with Gasteiger partial charge in [0.05, 0.1) is 19.8 Å². The third-order valence-corrected chi connectivity index (χ3v) is 5.80. The standard InChI is InChI=1S/C25H34N4O7/c1-24(2,3)35-23(31)27-20-11-12-28(22(30)26-20)21-13-18(19-15-33-25(4,5)34-19)29(36-21)14-16-7-9-17(32-6)10-8-16/h7-12,18-19,21H,13-15H2,1-6H3,(H,26,27,30,31). The highest BCUT2D eigenvalue weighted by atomic mass is 16.8. The van der Waals surface area contributed by atoms with Gasteiger partial charge in [-0.3, -0.25) is 14.7 Å². The van der Waals surface area contributed by atoms with E-state index >= 15 is 0 Å². The molecule has 0 aliphatic carbocycles. The molecular formula is C25H34N4O7. The van der Waals surface area contributed by atoms with Crippen LogP contribution in [0, 0.1) is 0 Å². The molecule has 0 bridgehead atoms. The van der Waals surface area contributed by atoms with Gasteiger partial charge in [-0.1, -0.05) is 12.1 Å². The Morgan fingerprint density at radius 2 is 1.94 bits per heavy atom. The van der Waals surface area contributed by atoms with Crippen LogP contribution in [-0.4, -0.2) is 58.0 Å². The number of hydrogen-bond donors (Lipinski definition) is 1. The third kappa shape index (κ3) is 6.41. The Kier molecular flexibility index (Phi) is 7.37. The minimum Gasteiger partial charge on any atom is -0.497 e. The summed E-state index contributed by atoms with van der Waals surface area (Å²) in [6.07, 6.45) is 0.518. The predicted octanol–water partition coefficient (Wildman–Crippen LogP) is 3.46. The van der Waals surface area contributed by atoms with E-state index in [4.69, 9.17) is 23.8 Å². The first kappa shape index (κ1) is 26.1. The van der Waals surface area contributed by atoms with Gasteiger partial charge in [0.1, 0.15) is 23.3 Å². The smallest absolute Gasteiger partial charge is 0.413 e. The van der Waals surface area contributed by atoms with Gasteiger partial charge in [0.15, 0.2) is 12.0 Å². The molecule has 1 amide bonds. The highest BCUT2D eigenvalue weighted by molar-refractivity contribution is 5.83. The van der Waals surface area contributed by atoms with Gasteiger partial charge in [-0.05, 0) is 58.4 Å². The van der Waals surface area contributed by atoms with E-state index in [0.717, 1.165) is 11.3 Å². The molecule has 1 aromatic heterocycles. The lowest BCUT2D eigenvalue weighted by atomic mass is 10.1. The normalized spacial score (nSPS) is 24.0. The average molecular weight is 503 g/mol. The van der Waals surface area contributed by atoms with Crippen molar-refractivity contribution in [3.63, 3.8) is 0 Å². The number of carbonyl (C=O) groups excluding carboxylic acids is 1. The predicted molar refractivity (Wildman–Crippen MR) is 130 cm³/mol. The second-order valence-corrected chi connectivity index (χ2v) is 10.3. The number of ether oxygens (including phenoxy) is 4. The van der Waals surface area contributed by atoms with Gasteiger partial charge in [0.2, 0.25) is 0 Å². The number of carbonyl (C=O) groups is 1. The second kappa shape index (κ2) is 10.2. The zero-order valence-corrected chi connectivity index (χ0v) is 21.5. The molecule has 11 nitrogen and oxygen atoms in total. The fourth-order valence-corrected chi connectivity index (χ4v) is 4.18. The Balaban J connectivity index is 1.51. The van der Waals surface area contributed by atoms with Gasteiger partial charge in [-0.15, -0.1) is 0 Å². The van der Waals surface area contributed by atoms with Crippen LogP contribution in [0.4, 0.5) is 10.6 Å². The van der Waals surface area contributed by atoms with E-state index in [1.165, 1.54) is 10.6 Å². The van der Waals surface area contributed by atoms with Crippen LogP contribution in [0.3, 0.4) is 0 Å². The van der Waals surface area contributed by atoms with Crippen molar-refractivity contribution in [1.82, 2.24) is 14.6 Å². The van der Waals surface area contributed by atoms with E-state index < -0.39 is 29.4 Å². The maximum atomic E-state index is 12.9. The molecule has 3 unspecified atom stereocenters. The van der Waals surface area contributed by atoms with Crippen LogP contribution in [0.5, 0.6) is 5.75 Å². The number of rotatable bonds is 6. The summed E-state index contributed by atoms with van der Waals surface area (Å²) in [4.78, 5) is 35.1. The molecule has 1 N–H and O–H groups in total. The summed E-state index contributed by atoms with van der Waals surface area (Å²) in [5, 5.41) is 4.32. The number of hydroxylamine groups is 2. The summed E-state index contributed by atoms with van der Waals surface area (Å²) in [7, 11) is 1.62. The second-order valence-electron chi connectivity index (χ2n) is 10.3. The first-order valence-corrected chi connectivity index (χ1v) is 11.9. The van der Waals surface area contributed by atoms with E-state index in [1.54, 1.807) is 34.1 Å². The molecule has 36 heavy (non-hydrogen) atoms. The van der Waals surface area contributed by atoms with Crippen LogP contribution in [0.2, 0.25) is 0 Å². The number of benzene rings is 1. The van der Waals surface area contributed by atoms with E-state index in [2.05, 4.69) is 10.3 Å². The van der Waals surface area contributed by atoms with Crippen LogP contribution in [-0.2, 0) is 25.6 Å². The molecule has 4 rings (SSSR count). The van der Waals surface area contributed by atoms with Crippen LogP contribution >= 0.6 is 0 Å². The monoisotopic (exact) mass is 502 g/mol. The van der Waals surface area contributed by atoms with Crippen LogP contribution < -0.4 is 15.7 Å². The molecular weight excluding hydrogens is 468 g/mol. The summed E-state index contributed by atoms with van der Waals surface area (Å²) in [6.45, 7) is 9.90. The quantitative estimate of drug-likeness (QED) is 0.634. The van der Waals surface area contributed by atoms with Crippen LogP contribution in [0.15, 0.2) is 41.3 Å². The highest BCUT2D eigenvalue weighted by Gasteiger charge is 2.46. The molecule has 3 heterocycles. The molecule has 0 spiro atoms. The van der Waals surface area contributed by atoms with E-state index in [0.29, 0.717) is 19.6 Å². The Labute approximate surface area is 210 Å². The highest BCUT2D eigenvalue weighted by Crippen LogP contribution is 2.36. The van der Waals surface area contributed by atoms with E-state index in [-0.39, 0.29) is 18.0 Å². The lowest BCUT2D eigenvalue weighted by molar-refractivity contribution is -0.209. The van der Waals surface area contributed by atoms with Crippen LogP contribution in [0.1, 0.15) is 52.8 Å². The number of aromatic nitrogens is 2. The molecule has 1 aromatic carbocycles. The molecule has 0 saturated carbocycles. The third-order valence-electron chi connectivity index (χ3n) is 5.80. The molecule has 0 radical (unpaired) electrons. The van der Waals surface area contributed by atoms with Crippen molar-refractivity contribution in [1.29, 1.82) is 0 Å². The maximum absolute atomic E-state index is 12.9. The number of hydrogen-bond acceptors (Lipinski definition) is 9. The van der Waals surface area contributed by atoms with Gasteiger partial charge in [-0.2, -0.15) is 10.0 Å². The van der Waals surface area contributed by atoms with Crippen molar-refractivity contribution in [2.45, 2.75) is 77.3 Å². The minimum atomic E-state index is -0.693. The fourth-order valence-electron chi connectivity index (χ4n) is 4.18. The summed E-state index contributed by atoms with van der Waals surface area (Å²) in [6, 6.07) is 9.09. The number of nitrogens with one attached hydrogen (secondary N) is 1. The van der Waals surface area contributed by atoms with Gasteiger partial charge in [0.25, 0.3) is 0 Å². The number of amides is 1. The lowest BCUT2D eigenvalue weighted by Crippen LogP contribution is -2.40. The zero-order chi connectivity index (χ0) is 26.1. The van der Waals surface area contributed by atoms with Gasteiger partial charge < -0.3 is 18.9 Å². The summed E-state index contributed by atoms with van der Waals surface area (Å²) in [5.74, 6) is 0.175. The van der Waals surface area contributed by atoms with Gasteiger partial charge in [-0.25, -0.2) is 9.59 Å². The topological polar surface area (TPSA) is 113 Å². The Morgan fingerprint density at radius 3 is 2.53 bits per heavy atom. The molecule has 2 aromatic rings. The average Bonchev–Trinajstić information content (AvgIpc) is 3.35. The Hall–Kier alpha value is -2.99. The first-order chi connectivity index (χ1) is 16.9. The Bertz CT molecular complexity index is 1130. The van der Waals surface area contributed by atoms with Crippen molar-refractivity contribution < 1.29 is 28.6 Å². The number of nitrogens with zero attached hydrogens (tertiary/aromatic N) is 3. The minimum absolute atomic E-state index is 0.101. The van der Waals surface area contributed by atoms with Crippen molar-refractivity contribution in [2.24, 2.45) is 0 Å². The summed E-state index contributed by atoms with van der Waals surface area (Å²) < 4.78 is 23.8. The molecule has 2 fully saturated rings. The first-order valence-electron chi connectivity index (χ1n) is 11.9. The lowest BCUT2D eigenvalue weighted by Gasteiger charge is -2.27. The van der Waals surface area contributed by atoms with Crippen molar-refractivity contribution >= 4 is 11.9 Å². The fraction of sp³-hybridized carbons (Fsp3) is 0.560. The molecule has 2 saturated heterocycles. The zero-order valence-electron chi connectivity index (χ0n) is 21.5. The molecule has 196 valence electrons. The van der Waals surface area contributed by atoms with Crippen LogP contribution in [0.25, 0.3) is 0 Å². The molecule has 2 aliphatic heterocycles. The molecule has 3 atom stereocenters. The van der Waals surface area contributed by atoms with Gasteiger partial charge in [0, 0.05) is 19.2 Å². The van der Waals surface area contributed by atoms with Crippen molar-refractivity contribution in [3.8, 4) is 5.75 Å². The molecule has 2 aliphatic rings. The summed E-state index contributed by atoms with van der Waals surface area (Å²) in [5.41, 5.74) is -0.204. The Morgan fingerprint density at radius 1 is 1.22 bits per heavy atom. The number of anilines is 1. The summed E-state index contributed by atoms with van der Waals surface area (Å²) >= 11 is 0. The molecule has 11 heteroatoms. The van der Waals surface area contributed by atoms with Crippen molar-refractivity contribution in [2.75, 3.05) is 19.0 Å².